The Kier molecular flexibility index (Phi) is 6.76. The number of amides is 1. The van der Waals surface area contributed by atoms with Crippen LogP contribution in [0.25, 0.3) is 0 Å². The van der Waals surface area contributed by atoms with E-state index in [0.717, 1.165) is 4.47 Å². The van der Waals surface area contributed by atoms with Crippen molar-refractivity contribution in [3.8, 4) is 11.5 Å². The van der Waals surface area contributed by atoms with Crippen LogP contribution in [0, 0.1) is 0 Å². The van der Waals surface area contributed by atoms with Gasteiger partial charge in [0.05, 0.1) is 18.9 Å². The maximum absolute atomic E-state index is 12.3. The average molecular weight is 453 g/mol. The van der Waals surface area contributed by atoms with Crippen molar-refractivity contribution in [3.63, 3.8) is 0 Å². The molecule has 0 radical (unpaired) electrons. The molecule has 0 spiro atoms. The Hall–Kier alpha value is -3.45. The molecule has 0 aromatic heterocycles. The lowest BCUT2D eigenvalue weighted by molar-refractivity contribution is 0.0729. The monoisotopic (exact) mass is 452 g/mol. The maximum Gasteiger partial charge on any atom is 0.343 e. The fourth-order valence-corrected chi connectivity index (χ4v) is 2.84. The van der Waals surface area contributed by atoms with Crippen LogP contribution in [0.2, 0.25) is 0 Å². The third-order valence-electron chi connectivity index (χ3n) is 3.87. The summed E-state index contributed by atoms with van der Waals surface area (Å²) in [6, 6.07) is 20.6. The van der Waals surface area contributed by atoms with Crippen LogP contribution in [0.15, 0.2) is 82.4 Å². The quantitative estimate of drug-likeness (QED) is 0.259. The zero-order chi connectivity index (χ0) is 20.6. The molecule has 0 unspecified atom stereocenters. The molecular formula is C22H17BrN2O4. The van der Waals surface area contributed by atoms with Gasteiger partial charge in [-0.25, -0.2) is 10.2 Å². The van der Waals surface area contributed by atoms with Crippen LogP contribution >= 0.6 is 15.9 Å². The molecule has 0 fully saturated rings. The van der Waals surface area contributed by atoms with E-state index in [1.54, 1.807) is 60.7 Å². The predicted octanol–water partition coefficient (Wildman–Crippen LogP) is 4.44. The molecule has 0 aliphatic carbocycles. The minimum Gasteiger partial charge on any atom is -0.493 e. The molecule has 0 saturated carbocycles. The van der Waals surface area contributed by atoms with Gasteiger partial charge >= 0.3 is 5.97 Å². The number of rotatable bonds is 6. The van der Waals surface area contributed by atoms with Gasteiger partial charge in [0.15, 0.2) is 11.5 Å². The van der Waals surface area contributed by atoms with E-state index in [0.29, 0.717) is 22.4 Å². The van der Waals surface area contributed by atoms with Crippen LogP contribution in [0.1, 0.15) is 26.3 Å². The number of methoxy groups -OCH3 is 1. The first-order valence-corrected chi connectivity index (χ1v) is 9.40. The number of carbonyl (C=O) groups excluding carboxylic acids is 2. The highest BCUT2D eigenvalue weighted by Gasteiger charge is 2.13. The molecule has 0 atom stereocenters. The molecule has 1 N–H and O–H groups in total. The third-order valence-corrected chi connectivity index (χ3v) is 4.36. The number of ether oxygens (including phenoxy) is 2. The SMILES string of the molecule is COc1cc(/C=N/NC(=O)c2ccccc2)ccc1OC(=O)c1cccc(Br)c1. The van der Waals surface area contributed by atoms with Crippen molar-refractivity contribution >= 4 is 34.0 Å². The second-order valence-corrected chi connectivity index (χ2v) is 6.79. The van der Waals surface area contributed by atoms with Gasteiger partial charge in [-0.15, -0.1) is 0 Å². The molecule has 0 saturated heterocycles. The summed E-state index contributed by atoms with van der Waals surface area (Å²) in [5.74, 6) is -0.163. The lowest BCUT2D eigenvalue weighted by Crippen LogP contribution is -2.17. The second-order valence-electron chi connectivity index (χ2n) is 5.88. The van der Waals surface area contributed by atoms with Crippen LogP contribution in [-0.4, -0.2) is 25.2 Å². The van der Waals surface area contributed by atoms with Crippen molar-refractivity contribution in [3.05, 3.63) is 94.0 Å². The maximum atomic E-state index is 12.3. The Morgan fingerprint density at radius 2 is 1.69 bits per heavy atom. The van der Waals surface area contributed by atoms with E-state index in [9.17, 15) is 9.59 Å². The zero-order valence-corrected chi connectivity index (χ0v) is 17.0. The van der Waals surface area contributed by atoms with Crippen LogP contribution in [0.4, 0.5) is 0 Å². The van der Waals surface area contributed by atoms with Crippen LogP contribution in [0.3, 0.4) is 0 Å². The van der Waals surface area contributed by atoms with Gasteiger partial charge in [0.2, 0.25) is 0 Å². The first-order valence-electron chi connectivity index (χ1n) is 8.61. The normalized spacial score (nSPS) is 10.6. The highest BCUT2D eigenvalue weighted by atomic mass is 79.9. The summed E-state index contributed by atoms with van der Waals surface area (Å²) in [6.45, 7) is 0. The van der Waals surface area contributed by atoms with Gasteiger partial charge < -0.3 is 9.47 Å². The van der Waals surface area contributed by atoms with Crippen molar-refractivity contribution in [1.29, 1.82) is 0 Å². The highest BCUT2D eigenvalue weighted by molar-refractivity contribution is 9.10. The Labute approximate surface area is 176 Å². The molecule has 3 aromatic carbocycles. The van der Waals surface area contributed by atoms with E-state index >= 15 is 0 Å². The van der Waals surface area contributed by atoms with E-state index in [1.807, 2.05) is 12.1 Å². The lowest BCUT2D eigenvalue weighted by atomic mass is 10.2. The van der Waals surface area contributed by atoms with E-state index in [4.69, 9.17) is 9.47 Å². The van der Waals surface area contributed by atoms with Gasteiger partial charge in [0, 0.05) is 10.0 Å². The van der Waals surface area contributed by atoms with Crippen molar-refractivity contribution in [2.75, 3.05) is 7.11 Å². The van der Waals surface area contributed by atoms with Gasteiger partial charge in [0.1, 0.15) is 0 Å². The fourth-order valence-electron chi connectivity index (χ4n) is 2.44. The number of esters is 1. The standard InChI is InChI=1S/C22H17BrN2O4/c1-28-20-12-15(14-24-25-21(26)16-6-3-2-4-7-16)10-11-19(20)29-22(27)17-8-5-9-18(23)13-17/h2-14H,1H3,(H,25,26)/b24-14+. The Bertz CT molecular complexity index is 1050. The molecule has 146 valence electrons. The third kappa shape index (κ3) is 5.52. The van der Waals surface area contributed by atoms with Gasteiger partial charge in [0.25, 0.3) is 5.91 Å². The second kappa shape index (κ2) is 9.66. The number of benzene rings is 3. The first-order chi connectivity index (χ1) is 14.1. The molecule has 6 nitrogen and oxygen atoms in total. The molecule has 1 amide bonds. The highest BCUT2D eigenvalue weighted by Crippen LogP contribution is 2.28. The molecule has 0 aliphatic heterocycles. The number of hydrogen-bond acceptors (Lipinski definition) is 5. The van der Waals surface area contributed by atoms with Crippen molar-refractivity contribution in [2.24, 2.45) is 5.10 Å². The Balaban J connectivity index is 1.68. The Morgan fingerprint density at radius 1 is 0.931 bits per heavy atom. The Morgan fingerprint density at radius 3 is 2.41 bits per heavy atom. The molecule has 29 heavy (non-hydrogen) atoms. The molecule has 0 heterocycles. The summed E-state index contributed by atoms with van der Waals surface area (Å²) in [5.41, 5.74) is 4.05. The van der Waals surface area contributed by atoms with E-state index < -0.39 is 5.97 Å². The molecule has 0 bridgehead atoms. The summed E-state index contributed by atoms with van der Waals surface area (Å²) < 4.78 is 11.5. The first kappa shape index (κ1) is 20.3. The minimum absolute atomic E-state index is 0.281. The molecule has 3 rings (SSSR count). The van der Waals surface area contributed by atoms with Gasteiger partial charge in [-0.1, -0.05) is 40.2 Å². The number of nitrogens with zero attached hydrogens (tertiary/aromatic N) is 1. The molecule has 0 aliphatic rings. The molecule has 7 heteroatoms. The summed E-state index contributed by atoms with van der Waals surface area (Å²) in [5, 5.41) is 3.95. The summed E-state index contributed by atoms with van der Waals surface area (Å²) in [4.78, 5) is 24.3. The zero-order valence-electron chi connectivity index (χ0n) is 15.5. The van der Waals surface area contributed by atoms with Crippen LogP contribution < -0.4 is 14.9 Å². The number of hydrazone groups is 1. The van der Waals surface area contributed by atoms with Crippen molar-refractivity contribution < 1.29 is 19.1 Å². The smallest absolute Gasteiger partial charge is 0.343 e. The lowest BCUT2D eigenvalue weighted by Gasteiger charge is -2.10. The van der Waals surface area contributed by atoms with E-state index in [-0.39, 0.29) is 11.7 Å². The van der Waals surface area contributed by atoms with Gasteiger partial charge in [-0.05, 0) is 54.1 Å². The van der Waals surface area contributed by atoms with E-state index in [1.165, 1.54) is 13.3 Å². The van der Waals surface area contributed by atoms with Crippen molar-refractivity contribution in [2.45, 2.75) is 0 Å². The molecular weight excluding hydrogens is 436 g/mol. The molecule has 3 aromatic rings. The topological polar surface area (TPSA) is 77.0 Å². The fraction of sp³-hybridized carbons (Fsp3) is 0.0455. The largest absolute Gasteiger partial charge is 0.493 e. The number of hydrogen-bond donors (Lipinski definition) is 1. The van der Waals surface area contributed by atoms with Crippen LogP contribution in [-0.2, 0) is 0 Å². The summed E-state index contributed by atoms with van der Waals surface area (Å²) >= 11 is 3.33. The predicted molar refractivity (Wildman–Crippen MR) is 114 cm³/mol. The number of carbonyl (C=O) groups is 2. The van der Waals surface area contributed by atoms with Crippen LogP contribution in [0.5, 0.6) is 11.5 Å². The van der Waals surface area contributed by atoms with Gasteiger partial charge in [-0.3, -0.25) is 4.79 Å². The average Bonchev–Trinajstić information content (AvgIpc) is 2.75. The number of halogens is 1. The number of nitrogens with one attached hydrogen (secondary N) is 1. The summed E-state index contributed by atoms with van der Waals surface area (Å²) in [7, 11) is 1.48. The van der Waals surface area contributed by atoms with Gasteiger partial charge in [-0.2, -0.15) is 5.10 Å². The minimum atomic E-state index is -0.499. The van der Waals surface area contributed by atoms with E-state index in [2.05, 4.69) is 26.5 Å². The summed E-state index contributed by atoms with van der Waals surface area (Å²) in [6.07, 6.45) is 1.48. The van der Waals surface area contributed by atoms with Crippen molar-refractivity contribution in [1.82, 2.24) is 5.43 Å².